The predicted molar refractivity (Wildman–Crippen MR) is 77.4 cm³/mol. The molecule has 0 nitrogen and oxygen atoms in total. The summed E-state index contributed by atoms with van der Waals surface area (Å²) < 4.78 is 0. The molecule has 1 aromatic carbocycles. The third kappa shape index (κ3) is 3.94. The first-order valence-corrected chi connectivity index (χ1v) is 6.94. The van der Waals surface area contributed by atoms with Crippen LogP contribution in [0.25, 0.3) is 0 Å². The van der Waals surface area contributed by atoms with Crippen molar-refractivity contribution in [1.29, 1.82) is 0 Å². The molecule has 0 aliphatic heterocycles. The molecule has 0 saturated carbocycles. The lowest BCUT2D eigenvalue weighted by Crippen LogP contribution is -1.84. The minimum Gasteiger partial charge on any atom is -0.122 e. The maximum Gasteiger partial charge on any atom is 0.0191 e. The molecule has 0 amide bonds. The van der Waals surface area contributed by atoms with Crippen LogP contribution in [0.3, 0.4) is 0 Å². The summed E-state index contributed by atoms with van der Waals surface area (Å²) in [4.78, 5) is 1.34. The molecule has 0 radical (unpaired) electrons. The molecule has 0 aromatic heterocycles. The average molecular weight is 242 g/mol. The minimum absolute atomic E-state index is 1.07. The standard InChI is InChI=1S/C16H18S/c1-13-8-9-15(10-13)11-14(2)12-17-16-6-4-3-5-7-16/h3-9,11H,10,12H2,1-2H3/b14-11-. The number of allylic oxidation sites excluding steroid dienone is 5. The van der Waals surface area contributed by atoms with Crippen LogP contribution in [-0.2, 0) is 0 Å². The molecule has 1 aliphatic rings. The van der Waals surface area contributed by atoms with Crippen LogP contribution in [-0.4, -0.2) is 5.75 Å². The number of hydrogen-bond donors (Lipinski definition) is 0. The van der Waals surface area contributed by atoms with E-state index in [-0.39, 0.29) is 0 Å². The molecule has 0 N–H and O–H groups in total. The number of thioether (sulfide) groups is 1. The maximum absolute atomic E-state index is 2.32. The van der Waals surface area contributed by atoms with E-state index in [0.29, 0.717) is 0 Å². The Morgan fingerprint density at radius 3 is 2.65 bits per heavy atom. The molecule has 2 rings (SSSR count). The van der Waals surface area contributed by atoms with E-state index < -0.39 is 0 Å². The van der Waals surface area contributed by atoms with Crippen molar-refractivity contribution >= 4 is 11.8 Å². The van der Waals surface area contributed by atoms with Crippen molar-refractivity contribution in [3.8, 4) is 0 Å². The van der Waals surface area contributed by atoms with Crippen molar-refractivity contribution in [3.63, 3.8) is 0 Å². The summed E-state index contributed by atoms with van der Waals surface area (Å²) in [7, 11) is 0. The predicted octanol–water partition coefficient (Wildman–Crippen LogP) is 5.00. The fourth-order valence-electron chi connectivity index (χ4n) is 1.86. The molecule has 1 heteroatoms. The third-order valence-electron chi connectivity index (χ3n) is 2.71. The van der Waals surface area contributed by atoms with Crippen LogP contribution in [0.4, 0.5) is 0 Å². The van der Waals surface area contributed by atoms with Gasteiger partial charge < -0.3 is 0 Å². The quantitative estimate of drug-likeness (QED) is 0.669. The van der Waals surface area contributed by atoms with Gasteiger partial charge in [-0.1, -0.05) is 47.6 Å². The molecule has 0 spiro atoms. The second-order valence-electron chi connectivity index (χ2n) is 4.52. The SMILES string of the molecule is CC1=CC=C(/C=C(/C)CSc2ccccc2)C1. The summed E-state index contributed by atoms with van der Waals surface area (Å²) in [6.45, 7) is 4.40. The molecule has 0 bridgehead atoms. The minimum atomic E-state index is 1.07. The molecule has 0 atom stereocenters. The smallest absolute Gasteiger partial charge is 0.0191 e. The lowest BCUT2D eigenvalue weighted by atomic mass is 10.1. The van der Waals surface area contributed by atoms with Crippen molar-refractivity contribution in [2.45, 2.75) is 25.2 Å². The van der Waals surface area contributed by atoms with E-state index in [1.165, 1.54) is 21.6 Å². The van der Waals surface area contributed by atoms with E-state index in [0.717, 1.165) is 12.2 Å². The van der Waals surface area contributed by atoms with Crippen LogP contribution in [0.15, 0.2) is 70.2 Å². The van der Waals surface area contributed by atoms with Gasteiger partial charge in [-0.3, -0.25) is 0 Å². The van der Waals surface area contributed by atoms with Crippen LogP contribution in [0.2, 0.25) is 0 Å². The lowest BCUT2D eigenvalue weighted by Gasteiger charge is -2.03. The topological polar surface area (TPSA) is 0 Å². The van der Waals surface area contributed by atoms with Crippen LogP contribution < -0.4 is 0 Å². The molecular formula is C16H18S. The second kappa shape index (κ2) is 5.92. The first-order chi connectivity index (χ1) is 8.24. The number of hydrogen-bond acceptors (Lipinski definition) is 1. The Morgan fingerprint density at radius 1 is 1.24 bits per heavy atom. The van der Waals surface area contributed by atoms with E-state index in [1.54, 1.807) is 0 Å². The largest absolute Gasteiger partial charge is 0.122 e. The summed E-state index contributed by atoms with van der Waals surface area (Å²) in [5.41, 5.74) is 4.33. The van der Waals surface area contributed by atoms with E-state index in [4.69, 9.17) is 0 Å². The Kier molecular flexibility index (Phi) is 4.27. The van der Waals surface area contributed by atoms with E-state index in [9.17, 15) is 0 Å². The van der Waals surface area contributed by atoms with E-state index in [1.807, 2.05) is 11.8 Å². The molecule has 1 aromatic rings. The van der Waals surface area contributed by atoms with Gasteiger partial charge in [0.15, 0.2) is 0 Å². The van der Waals surface area contributed by atoms with Crippen molar-refractivity contribution in [3.05, 3.63) is 65.3 Å². The monoisotopic (exact) mass is 242 g/mol. The van der Waals surface area contributed by atoms with Gasteiger partial charge in [0.25, 0.3) is 0 Å². The zero-order valence-corrected chi connectivity index (χ0v) is 11.3. The number of benzene rings is 1. The molecule has 0 saturated heterocycles. The molecule has 0 heterocycles. The van der Waals surface area contributed by atoms with Crippen LogP contribution in [0, 0.1) is 0 Å². The summed E-state index contributed by atoms with van der Waals surface area (Å²) in [6.07, 6.45) is 7.88. The van der Waals surface area contributed by atoms with Crippen molar-refractivity contribution in [2.24, 2.45) is 0 Å². The Labute approximate surface area is 108 Å². The molecule has 0 fully saturated rings. The zero-order chi connectivity index (χ0) is 12.1. The third-order valence-corrected chi connectivity index (χ3v) is 3.91. The lowest BCUT2D eigenvalue weighted by molar-refractivity contribution is 1.18. The highest BCUT2D eigenvalue weighted by Crippen LogP contribution is 2.23. The molecule has 17 heavy (non-hydrogen) atoms. The summed E-state index contributed by atoms with van der Waals surface area (Å²) in [5, 5.41) is 0. The van der Waals surface area contributed by atoms with Gasteiger partial charge in [-0.05, 0) is 38.0 Å². The van der Waals surface area contributed by atoms with Crippen LogP contribution in [0.5, 0.6) is 0 Å². The average Bonchev–Trinajstić information content (AvgIpc) is 2.73. The van der Waals surface area contributed by atoms with Gasteiger partial charge in [0, 0.05) is 10.6 Å². The fourth-order valence-corrected chi connectivity index (χ4v) is 2.69. The Hall–Kier alpha value is -1.21. The van der Waals surface area contributed by atoms with Crippen molar-refractivity contribution < 1.29 is 0 Å². The van der Waals surface area contributed by atoms with Crippen molar-refractivity contribution in [2.75, 3.05) is 5.75 Å². The summed E-state index contributed by atoms with van der Waals surface area (Å²) in [5.74, 6) is 1.07. The highest BCUT2D eigenvalue weighted by atomic mass is 32.2. The van der Waals surface area contributed by atoms with Gasteiger partial charge in [0.1, 0.15) is 0 Å². The first-order valence-electron chi connectivity index (χ1n) is 5.95. The summed E-state index contributed by atoms with van der Waals surface area (Å²) >= 11 is 1.90. The second-order valence-corrected chi connectivity index (χ2v) is 5.57. The van der Waals surface area contributed by atoms with Crippen LogP contribution >= 0.6 is 11.8 Å². The normalized spacial score (nSPS) is 15.8. The first kappa shape index (κ1) is 12.3. The van der Waals surface area contributed by atoms with E-state index >= 15 is 0 Å². The Balaban J connectivity index is 1.86. The highest BCUT2D eigenvalue weighted by Gasteiger charge is 2.02. The van der Waals surface area contributed by atoms with Gasteiger partial charge in [-0.15, -0.1) is 11.8 Å². The highest BCUT2D eigenvalue weighted by molar-refractivity contribution is 7.99. The van der Waals surface area contributed by atoms with Crippen molar-refractivity contribution in [1.82, 2.24) is 0 Å². The molecule has 88 valence electrons. The Bertz CT molecular complexity index is 464. The Morgan fingerprint density at radius 2 is 2.00 bits per heavy atom. The maximum atomic E-state index is 2.32. The number of rotatable bonds is 4. The summed E-state index contributed by atoms with van der Waals surface area (Å²) in [6, 6.07) is 10.6. The van der Waals surface area contributed by atoms with E-state index in [2.05, 4.69) is 62.4 Å². The molecular weight excluding hydrogens is 224 g/mol. The van der Waals surface area contributed by atoms with Crippen LogP contribution in [0.1, 0.15) is 20.3 Å². The van der Waals surface area contributed by atoms with Gasteiger partial charge in [-0.25, -0.2) is 0 Å². The van der Waals surface area contributed by atoms with Gasteiger partial charge >= 0.3 is 0 Å². The van der Waals surface area contributed by atoms with Gasteiger partial charge in [-0.2, -0.15) is 0 Å². The fraction of sp³-hybridized carbons (Fsp3) is 0.250. The molecule has 1 aliphatic carbocycles. The molecule has 0 unspecified atom stereocenters. The van der Waals surface area contributed by atoms with Gasteiger partial charge in [0.2, 0.25) is 0 Å². The zero-order valence-electron chi connectivity index (χ0n) is 10.4. The van der Waals surface area contributed by atoms with Gasteiger partial charge in [0.05, 0.1) is 0 Å².